The van der Waals surface area contributed by atoms with Gasteiger partial charge in [0.2, 0.25) is 0 Å². The van der Waals surface area contributed by atoms with Gasteiger partial charge in [0.05, 0.1) is 36.9 Å². The molecule has 7 heteroatoms. The van der Waals surface area contributed by atoms with Crippen molar-refractivity contribution >= 4 is 28.6 Å². The normalized spacial score (nSPS) is 11.8. The number of amides is 1. The molecule has 1 atom stereocenters. The number of carbonyl (C=O) groups excluding carboxylic acids is 1. The number of fused-ring (bicyclic) bond motifs is 1. The van der Waals surface area contributed by atoms with Crippen LogP contribution in [0, 0.1) is 0 Å². The van der Waals surface area contributed by atoms with Crippen LogP contribution in [0.2, 0.25) is 0 Å². The summed E-state index contributed by atoms with van der Waals surface area (Å²) in [5, 5.41) is 12.3. The summed E-state index contributed by atoms with van der Waals surface area (Å²) in [7, 11) is 1.57. The van der Waals surface area contributed by atoms with Crippen LogP contribution >= 0.6 is 0 Å². The van der Waals surface area contributed by atoms with Crippen LogP contribution in [-0.4, -0.2) is 33.6 Å². The summed E-state index contributed by atoms with van der Waals surface area (Å²) >= 11 is 0. The van der Waals surface area contributed by atoms with Gasteiger partial charge in [-0.2, -0.15) is 0 Å². The van der Waals surface area contributed by atoms with Gasteiger partial charge in [0, 0.05) is 11.3 Å². The Morgan fingerprint density at radius 2 is 1.81 bits per heavy atom. The number of benzene rings is 3. The number of aromatic nitrogens is 2. The highest BCUT2D eigenvalue weighted by molar-refractivity contribution is 6.05. The number of ether oxygens (including phenoxy) is 1. The first-order chi connectivity index (χ1) is 15.0. The van der Waals surface area contributed by atoms with E-state index in [0.717, 1.165) is 11.1 Å². The number of nitrogens with one attached hydrogen (secondary N) is 1. The molecule has 1 amide bonds. The maximum absolute atomic E-state index is 12.6. The number of aliphatic carboxylic acids is 1. The summed E-state index contributed by atoms with van der Waals surface area (Å²) in [4.78, 5) is 28.6. The molecule has 4 rings (SSSR count). The lowest BCUT2D eigenvalue weighted by Gasteiger charge is -2.18. The number of rotatable bonds is 7. The molecule has 1 unspecified atom stereocenters. The van der Waals surface area contributed by atoms with Gasteiger partial charge in [0.15, 0.2) is 0 Å². The maximum Gasteiger partial charge on any atom is 0.305 e. The number of carboxylic acid groups (broad SMARTS) is 1. The second kappa shape index (κ2) is 8.71. The summed E-state index contributed by atoms with van der Waals surface area (Å²) < 4.78 is 6.96. The van der Waals surface area contributed by atoms with Gasteiger partial charge in [-0.05, 0) is 48.0 Å². The van der Waals surface area contributed by atoms with Crippen molar-refractivity contribution in [2.75, 3.05) is 12.4 Å². The predicted octanol–water partition coefficient (Wildman–Crippen LogP) is 4.36. The minimum atomic E-state index is -0.903. The zero-order chi connectivity index (χ0) is 21.8. The van der Waals surface area contributed by atoms with Crippen LogP contribution in [0.1, 0.15) is 28.4 Å². The van der Waals surface area contributed by atoms with E-state index in [1.165, 1.54) is 0 Å². The monoisotopic (exact) mass is 415 g/mol. The van der Waals surface area contributed by atoms with Crippen molar-refractivity contribution in [2.24, 2.45) is 0 Å². The van der Waals surface area contributed by atoms with Gasteiger partial charge in [0.25, 0.3) is 5.91 Å². The zero-order valence-corrected chi connectivity index (χ0v) is 16.9. The van der Waals surface area contributed by atoms with Gasteiger partial charge in [-0.25, -0.2) is 4.98 Å². The Morgan fingerprint density at radius 3 is 2.48 bits per heavy atom. The summed E-state index contributed by atoms with van der Waals surface area (Å²) in [6.45, 7) is 0. The molecule has 2 N–H and O–H groups in total. The molecule has 0 aliphatic carbocycles. The second-order valence-electron chi connectivity index (χ2n) is 7.06. The van der Waals surface area contributed by atoms with Crippen molar-refractivity contribution in [2.45, 2.75) is 12.5 Å². The molecule has 0 saturated heterocycles. The van der Waals surface area contributed by atoms with E-state index < -0.39 is 12.0 Å². The quantitative estimate of drug-likeness (QED) is 0.468. The number of hydrogen-bond acceptors (Lipinski definition) is 4. The van der Waals surface area contributed by atoms with Gasteiger partial charge in [-0.15, -0.1) is 0 Å². The summed E-state index contributed by atoms with van der Waals surface area (Å²) in [6.07, 6.45) is 1.55. The molecule has 0 aliphatic heterocycles. The number of carbonyl (C=O) groups is 2. The average Bonchev–Trinajstić information content (AvgIpc) is 3.21. The largest absolute Gasteiger partial charge is 0.497 e. The molecular weight excluding hydrogens is 394 g/mol. The van der Waals surface area contributed by atoms with Crippen LogP contribution in [0.4, 0.5) is 5.69 Å². The fraction of sp³-hybridized carbons (Fsp3) is 0.125. The number of methoxy groups -OCH3 is 1. The Kier molecular flexibility index (Phi) is 5.66. The second-order valence-corrected chi connectivity index (χ2v) is 7.06. The molecule has 31 heavy (non-hydrogen) atoms. The minimum absolute atomic E-state index is 0.0854. The lowest BCUT2D eigenvalue weighted by molar-refractivity contribution is -0.137. The average molecular weight is 415 g/mol. The summed E-state index contributed by atoms with van der Waals surface area (Å²) in [6, 6.07) is 21.2. The molecule has 0 aliphatic rings. The van der Waals surface area contributed by atoms with Crippen LogP contribution < -0.4 is 10.1 Å². The molecule has 1 aromatic heterocycles. The summed E-state index contributed by atoms with van der Waals surface area (Å²) in [5.74, 6) is -0.481. The number of imidazole rings is 1. The number of carboxylic acids is 1. The van der Waals surface area contributed by atoms with Crippen LogP contribution in [0.5, 0.6) is 5.75 Å². The topological polar surface area (TPSA) is 93.5 Å². The molecular formula is C24H21N3O4. The van der Waals surface area contributed by atoms with Crippen molar-refractivity contribution in [3.05, 3.63) is 90.3 Å². The molecule has 0 radical (unpaired) electrons. The molecule has 0 bridgehead atoms. The first kappa shape index (κ1) is 20.2. The molecule has 7 nitrogen and oxygen atoms in total. The molecule has 0 fully saturated rings. The molecule has 1 heterocycles. The Labute approximate surface area is 178 Å². The Hall–Kier alpha value is -4.13. The van der Waals surface area contributed by atoms with Gasteiger partial charge >= 0.3 is 5.97 Å². The van der Waals surface area contributed by atoms with Crippen molar-refractivity contribution in [3.63, 3.8) is 0 Å². The third-order valence-corrected chi connectivity index (χ3v) is 5.07. The van der Waals surface area contributed by atoms with Crippen molar-refractivity contribution < 1.29 is 19.4 Å². The third-order valence-electron chi connectivity index (χ3n) is 5.07. The number of anilines is 1. The molecule has 3 aromatic carbocycles. The van der Waals surface area contributed by atoms with E-state index in [-0.39, 0.29) is 12.3 Å². The van der Waals surface area contributed by atoms with Crippen molar-refractivity contribution in [3.8, 4) is 5.75 Å². The van der Waals surface area contributed by atoms with E-state index >= 15 is 0 Å². The highest BCUT2D eigenvalue weighted by atomic mass is 16.5. The number of nitrogens with zero attached hydrogens (tertiary/aromatic N) is 2. The van der Waals surface area contributed by atoms with E-state index in [1.807, 2.05) is 41.0 Å². The molecule has 0 saturated carbocycles. The smallest absolute Gasteiger partial charge is 0.305 e. The van der Waals surface area contributed by atoms with E-state index in [1.54, 1.807) is 49.8 Å². The summed E-state index contributed by atoms with van der Waals surface area (Å²) in [5.41, 5.74) is 3.42. The minimum Gasteiger partial charge on any atom is -0.497 e. The van der Waals surface area contributed by atoms with E-state index in [4.69, 9.17) is 4.74 Å². The van der Waals surface area contributed by atoms with Gasteiger partial charge < -0.3 is 19.7 Å². The van der Waals surface area contributed by atoms with Crippen molar-refractivity contribution in [1.29, 1.82) is 0 Å². The molecule has 4 aromatic rings. The van der Waals surface area contributed by atoms with Crippen LogP contribution in [-0.2, 0) is 4.79 Å². The zero-order valence-electron chi connectivity index (χ0n) is 16.9. The highest BCUT2D eigenvalue weighted by Gasteiger charge is 2.20. The SMILES string of the molecule is COc1ccc(C(=O)Nc2ccc3ncn(C(CC(=O)O)c4ccccc4)c3c2)cc1. The predicted molar refractivity (Wildman–Crippen MR) is 118 cm³/mol. The standard InChI is InChI=1S/C24H21N3O4/c1-31-19-10-7-17(8-11-19)24(30)26-18-9-12-20-22(13-18)27(15-25-20)21(14-23(28)29)16-5-3-2-4-6-16/h2-13,15,21H,14H2,1H3,(H,26,30)(H,28,29). The fourth-order valence-corrected chi connectivity index (χ4v) is 3.52. The molecule has 0 spiro atoms. The maximum atomic E-state index is 12.6. The lowest BCUT2D eigenvalue weighted by atomic mass is 10.0. The fourth-order valence-electron chi connectivity index (χ4n) is 3.52. The Balaban J connectivity index is 1.66. The number of hydrogen-bond donors (Lipinski definition) is 2. The van der Waals surface area contributed by atoms with Gasteiger partial charge in [0.1, 0.15) is 5.75 Å². The van der Waals surface area contributed by atoms with Gasteiger partial charge in [-0.3, -0.25) is 9.59 Å². The van der Waals surface area contributed by atoms with Crippen LogP contribution in [0.15, 0.2) is 79.1 Å². The highest BCUT2D eigenvalue weighted by Crippen LogP contribution is 2.28. The lowest BCUT2D eigenvalue weighted by Crippen LogP contribution is -2.15. The Bertz CT molecular complexity index is 1220. The molecule has 156 valence electrons. The van der Waals surface area contributed by atoms with Crippen LogP contribution in [0.3, 0.4) is 0 Å². The van der Waals surface area contributed by atoms with Crippen LogP contribution in [0.25, 0.3) is 11.0 Å². The van der Waals surface area contributed by atoms with E-state index in [2.05, 4.69) is 10.3 Å². The Morgan fingerprint density at radius 1 is 1.06 bits per heavy atom. The van der Waals surface area contributed by atoms with Crippen molar-refractivity contribution in [1.82, 2.24) is 9.55 Å². The first-order valence-corrected chi connectivity index (χ1v) is 9.74. The van der Waals surface area contributed by atoms with E-state index in [0.29, 0.717) is 22.5 Å². The third kappa shape index (κ3) is 4.40. The first-order valence-electron chi connectivity index (χ1n) is 9.74. The van der Waals surface area contributed by atoms with E-state index in [9.17, 15) is 14.7 Å². The van der Waals surface area contributed by atoms with Gasteiger partial charge in [-0.1, -0.05) is 30.3 Å².